The molecule has 3 aromatic rings. The van der Waals surface area contributed by atoms with E-state index in [4.69, 9.17) is 0 Å². The Labute approximate surface area is 158 Å². The number of aromatic nitrogens is 4. The Morgan fingerprint density at radius 2 is 1.89 bits per heavy atom. The highest BCUT2D eigenvalue weighted by atomic mass is 16.3. The Hall–Kier alpha value is -2.77. The van der Waals surface area contributed by atoms with E-state index in [9.17, 15) is 5.11 Å². The van der Waals surface area contributed by atoms with Crippen molar-refractivity contribution in [3.8, 4) is 5.82 Å². The molecule has 0 atom stereocenters. The molecular weight excluding hydrogens is 340 g/mol. The van der Waals surface area contributed by atoms with E-state index in [0.717, 1.165) is 38.3 Å². The second-order valence-corrected chi connectivity index (χ2v) is 6.84. The lowest BCUT2D eigenvalue weighted by Crippen LogP contribution is -2.35. The van der Waals surface area contributed by atoms with Gasteiger partial charge in [-0.2, -0.15) is 5.10 Å². The average molecular weight is 364 g/mol. The molecule has 0 amide bonds. The van der Waals surface area contributed by atoms with Gasteiger partial charge < -0.3 is 10.4 Å². The van der Waals surface area contributed by atoms with Crippen molar-refractivity contribution in [3.05, 3.63) is 66.2 Å². The van der Waals surface area contributed by atoms with Crippen LogP contribution in [0.25, 0.3) is 5.82 Å². The lowest BCUT2D eigenvalue weighted by atomic mass is 10.0. The molecule has 0 radical (unpaired) electrons. The maximum atomic E-state index is 9.69. The Morgan fingerprint density at radius 1 is 1.07 bits per heavy atom. The van der Waals surface area contributed by atoms with Gasteiger partial charge >= 0.3 is 0 Å². The molecule has 7 nitrogen and oxygen atoms in total. The van der Waals surface area contributed by atoms with Gasteiger partial charge in [-0.25, -0.2) is 9.67 Å². The van der Waals surface area contributed by atoms with E-state index in [0.29, 0.717) is 12.4 Å². The Bertz CT molecular complexity index is 858. The minimum absolute atomic E-state index is 0.140. The quantitative estimate of drug-likeness (QED) is 0.698. The number of likely N-dealkylation sites (tertiary alicyclic amines) is 1. The molecule has 140 valence electrons. The summed E-state index contributed by atoms with van der Waals surface area (Å²) in [6.45, 7) is 3.48. The highest BCUT2D eigenvalue weighted by Crippen LogP contribution is 2.17. The first-order valence-electron chi connectivity index (χ1n) is 9.31. The van der Waals surface area contributed by atoms with E-state index in [1.165, 1.54) is 11.1 Å². The number of piperidine rings is 1. The van der Waals surface area contributed by atoms with Crippen molar-refractivity contribution < 1.29 is 5.11 Å². The van der Waals surface area contributed by atoms with Crippen LogP contribution in [-0.2, 0) is 13.1 Å². The third kappa shape index (κ3) is 4.50. The Balaban J connectivity index is 1.42. The predicted molar refractivity (Wildman–Crippen MR) is 103 cm³/mol. The molecule has 7 heteroatoms. The molecule has 3 heterocycles. The van der Waals surface area contributed by atoms with Crippen LogP contribution in [-0.4, -0.2) is 48.9 Å². The molecule has 1 aliphatic rings. The van der Waals surface area contributed by atoms with Crippen molar-refractivity contribution in [2.45, 2.75) is 32.0 Å². The first-order valence-corrected chi connectivity index (χ1v) is 9.31. The van der Waals surface area contributed by atoms with Crippen molar-refractivity contribution in [2.24, 2.45) is 0 Å². The third-order valence-electron chi connectivity index (χ3n) is 4.89. The van der Waals surface area contributed by atoms with Crippen molar-refractivity contribution in [3.63, 3.8) is 0 Å². The van der Waals surface area contributed by atoms with Crippen LogP contribution in [0.2, 0.25) is 0 Å². The molecule has 0 aliphatic carbocycles. The van der Waals surface area contributed by atoms with Gasteiger partial charge in [0.25, 0.3) is 0 Å². The second-order valence-electron chi connectivity index (χ2n) is 6.84. The summed E-state index contributed by atoms with van der Waals surface area (Å²) in [4.78, 5) is 11.2. The number of nitrogens with one attached hydrogen (secondary N) is 1. The first-order chi connectivity index (χ1) is 13.3. The van der Waals surface area contributed by atoms with Gasteiger partial charge in [0.1, 0.15) is 5.82 Å². The van der Waals surface area contributed by atoms with E-state index in [-0.39, 0.29) is 6.10 Å². The van der Waals surface area contributed by atoms with Crippen molar-refractivity contribution in [1.29, 1.82) is 0 Å². The van der Waals surface area contributed by atoms with Crippen LogP contribution in [0.1, 0.15) is 24.0 Å². The number of nitrogens with zero attached hydrogens (tertiary/aromatic N) is 5. The number of aliphatic hydroxyl groups excluding tert-OH is 1. The van der Waals surface area contributed by atoms with Crippen LogP contribution in [0.4, 0.5) is 5.82 Å². The molecule has 1 aliphatic heterocycles. The van der Waals surface area contributed by atoms with Crippen LogP contribution < -0.4 is 5.32 Å². The lowest BCUT2D eigenvalue weighted by molar-refractivity contribution is 0.0791. The van der Waals surface area contributed by atoms with Gasteiger partial charge in [-0.1, -0.05) is 24.3 Å². The first kappa shape index (κ1) is 17.6. The maximum Gasteiger partial charge on any atom is 0.173 e. The topological polar surface area (TPSA) is 79.1 Å². The lowest BCUT2D eigenvalue weighted by Gasteiger charge is -2.30. The second kappa shape index (κ2) is 8.28. The fraction of sp³-hybridized carbons (Fsp3) is 0.350. The zero-order valence-corrected chi connectivity index (χ0v) is 15.2. The molecule has 4 rings (SSSR count). The number of hydrogen-bond acceptors (Lipinski definition) is 6. The number of rotatable bonds is 6. The molecule has 0 spiro atoms. The van der Waals surface area contributed by atoms with Gasteiger partial charge in [0.15, 0.2) is 5.82 Å². The van der Waals surface area contributed by atoms with Gasteiger partial charge in [-0.15, -0.1) is 0 Å². The summed E-state index contributed by atoms with van der Waals surface area (Å²) in [5.74, 6) is 1.41. The molecule has 1 fully saturated rings. The molecule has 27 heavy (non-hydrogen) atoms. The molecule has 0 saturated carbocycles. The predicted octanol–water partition coefficient (Wildman–Crippen LogP) is 2.23. The molecule has 0 unspecified atom stereocenters. The number of hydrogen-bond donors (Lipinski definition) is 2. The largest absolute Gasteiger partial charge is 0.393 e. The van der Waals surface area contributed by atoms with E-state index in [2.05, 4.69) is 49.5 Å². The number of benzene rings is 1. The van der Waals surface area contributed by atoms with E-state index < -0.39 is 0 Å². The van der Waals surface area contributed by atoms with Crippen LogP contribution in [0.15, 0.2) is 55.1 Å². The molecule has 1 saturated heterocycles. The van der Waals surface area contributed by atoms with Crippen LogP contribution in [0.5, 0.6) is 0 Å². The molecular formula is C20H24N6O. The van der Waals surface area contributed by atoms with Crippen molar-refractivity contribution >= 4 is 5.82 Å². The van der Waals surface area contributed by atoms with E-state index >= 15 is 0 Å². The van der Waals surface area contributed by atoms with Gasteiger partial charge in [-0.3, -0.25) is 9.88 Å². The van der Waals surface area contributed by atoms with Gasteiger partial charge in [0, 0.05) is 38.6 Å². The zero-order valence-electron chi connectivity index (χ0n) is 15.2. The van der Waals surface area contributed by atoms with Gasteiger partial charge in [0.05, 0.1) is 18.5 Å². The molecule has 2 N–H and O–H groups in total. The standard InChI is InChI=1S/C20H24N6O/c27-18-6-10-25(11-7-18)15-17-5-2-1-4-16(17)12-22-19-13-21-14-20(24-19)26-9-3-8-23-26/h1-5,8-9,13-14,18,27H,6-7,10-12,15H2,(H,22,24). The van der Waals surface area contributed by atoms with Crippen LogP contribution >= 0.6 is 0 Å². The smallest absolute Gasteiger partial charge is 0.173 e. The van der Waals surface area contributed by atoms with Gasteiger partial charge in [-0.05, 0) is 30.0 Å². The Morgan fingerprint density at radius 3 is 2.67 bits per heavy atom. The SMILES string of the molecule is OC1CCN(Cc2ccccc2CNc2cncc(-n3cccn3)n2)CC1. The molecule has 0 bridgehead atoms. The average Bonchev–Trinajstić information content (AvgIpc) is 3.24. The van der Waals surface area contributed by atoms with Crippen molar-refractivity contribution in [1.82, 2.24) is 24.6 Å². The Kier molecular flexibility index (Phi) is 5.41. The van der Waals surface area contributed by atoms with Crippen molar-refractivity contribution in [2.75, 3.05) is 18.4 Å². The summed E-state index contributed by atoms with van der Waals surface area (Å²) in [6, 6.07) is 10.3. The van der Waals surface area contributed by atoms with Crippen LogP contribution in [0.3, 0.4) is 0 Å². The summed E-state index contributed by atoms with van der Waals surface area (Å²) < 4.78 is 1.69. The summed E-state index contributed by atoms with van der Waals surface area (Å²) in [5, 5.41) is 17.3. The fourth-order valence-corrected chi connectivity index (χ4v) is 3.34. The minimum Gasteiger partial charge on any atom is -0.393 e. The normalized spacial score (nSPS) is 15.7. The molecule has 2 aromatic heterocycles. The fourth-order valence-electron chi connectivity index (χ4n) is 3.34. The molecule has 1 aromatic carbocycles. The summed E-state index contributed by atoms with van der Waals surface area (Å²) in [6.07, 6.45) is 8.56. The number of anilines is 1. The third-order valence-corrected chi connectivity index (χ3v) is 4.89. The summed E-state index contributed by atoms with van der Waals surface area (Å²) in [7, 11) is 0. The van der Waals surface area contributed by atoms with E-state index in [1.807, 2.05) is 12.3 Å². The number of aliphatic hydroxyl groups is 1. The maximum absolute atomic E-state index is 9.69. The summed E-state index contributed by atoms with van der Waals surface area (Å²) in [5.41, 5.74) is 2.55. The highest BCUT2D eigenvalue weighted by molar-refractivity contribution is 5.38. The van der Waals surface area contributed by atoms with E-state index in [1.54, 1.807) is 23.3 Å². The monoisotopic (exact) mass is 364 g/mol. The van der Waals surface area contributed by atoms with Gasteiger partial charge in [0.2, 0.25) is 0 Å². The van der Waals surface area contributed by atoms with Crippen LogP contribution in [0, 0.1) is 0 Å². The summed E-state index contributed by atoms with van der Waals surface area (Å²) >= 11 is 0. The highest BCUT2D eigenvalue weighted by Gasteiger charge is 2.17. The zero-order chi connectivity index (χ0) is 18.5. The minimum atomic E-state index is -0.140.